The summed E-state index contributed by atoms with van der Waals surface area (Å²) in [7, 11) is -3.62. The second kappa shape index (κ2) is 8.45. The van der Waals surface area contributed by atoms with Crippen molar-refractivity contribution >= 4 is 44.4 Å². The number of hydrogen-bond donors (Lipinski definition) is 2. The average molecular weight is 438 g/mol. The first-order chi connectivity index (χ1) is 14.4. The molecule has 7 heteroatoms. The van der Waals surface area contributed by atoms with Gasteiger partial charge in [0.15, 0.2) is 5.11 Å². The monoisotopic (exact) mass is 437 g/mol. The fourth-order valence-electron chi connectivity index (χ4n) is 3.52. The number of benzene rings is 3. The summed E-state index contributed by atoms with van der Waals surface area (Å²) in [6.07, 6.45) is 1.71. The van der Waals surface area contributed by atoms with Gasteiger partial charge in [0.1, 0.15) is 0 Å². The van der Waals surface area contributed by atoms with Gasteiger partial charge < -0.3 is 10.6 Å². The van der Waals surface area contributed by atoms with Crippen molar-refractivity contribution in [2.45, 2.75) is 24.7 Å². The third-order valence-electron chi connectivity index (χ3n) is 5.08. The highest BCUT2D eigenvalue weighted by Gasteiger charge is 2.28. The molecular weight excluding hydrogens is 414 g/mol. The molecule has 3 aromatic carbocycles. The van der Waals surface area contributed by atoms with Gasteiger partial charge in [-0.15, -0.1) is 0 Å². The number of aryl methyl sites for hydroxylation is 2. The Morgan fingerprint density at radius 1 is 0.900 bits per heavy atom. The number of thiocarbonyl (C=S) groups is 1. The summed E-state index contributed by atoms with van der Waals surface area (Å²) in [5.74, 6) is 0. The molecule has 0 bridgehead atoms. The standard InChI is InChI=1S/C23H23N3O2S2/c1-17-8-10-19(11-9-17)24-23(29)25-20-12-14-21(15-13-20)30(27,28)26-16-4-6-18-5-2-3-7-22(18)26/h2-3,5,7-15H,4,6,16H2,1H3,(H2,24,25,29). The van der Waals surface area contributed by atoms with Crippen molar-refractivity contribution in [3.63, 3.8) is 0 Å². The summed E-state index contributed by atoms with van der Waals surface area (Å²) >= 11 is 5.35. The van der Waals surface area contributed by atoms with E-state index in [1.165, 1.54) is 9.87 Å². The summed E-state index contributed by atoms with van der Waals surface area (Å²) in [6, 6.07) is 22.3. The average Bonchev–Trinajstić information content (AvgIpc) is 2.75. The second-order valence-corrected chi connectivity index (χ2v) is 9.55. The maximum absolute atomic E-state index is 13.2. The number of nitrogens with zero attached hydrogens (tertiary/aromatic N) is 1. The van der Waals surface area contributed by atoms with Gasteiger partial charge in [0.2, 0.25) is 0 Å². The number of para-hydroxylation sites is 1. The van der Waals surface area contributed by atoms with Crippen LogP contribution in [0.25, 0.3) is 0 Å². The zero-order valence-corrected chi connectivity index (χ0v) is 18.3. The van der Waals surface area contributed by atoms with E-state index in [1.807, 2.05) is 55.5 Å². The van der Waals surface area contributed by atoms with Crippen LogP contribution in [0.2, 0.25) is 0 Å². The van der Waals surface area contributed by atoms with Gasteiger partial charge in [-0.05, 0) is 80.0 Å². The van der Waals surface area contributed by atoms with E-state index in [9.17, 15) is 8.42 Å². The molecule has 0 saturated heterocycles. The molecular formula is C23H23N3O2S2. The number of rotatable bonds is 4. The lowest BCUT2D eigenvalue weighted by Gasteiger charge is -2.30. The molecule has 1 heterocycles. The molecule has 30 heavy (non-hydrogen) atoms. The highest BCUT2D eigenvalue weighted by Crippen LogP contribution is 2.32. The van der Waals surface area contributed by atoms with E-state index in [4.69, 9.17) is 12.2 Å². The summed E-state index contributed by atoms with van der Waals surface area (Å²) < 4.78 is 28.0. The predicted octanol–water partition coefficient (Wildman–Crippen LogP) is 4.95. The Bertz CT molecular complexity index is 1160. The number of hydrogen-bond acceptors (Lipinski definition) is 3. The fourth-order valence-corrected chi connectivity index (χ4v) is 5.29. The van der Waals surface area contributed by atoms with Gasteiger partial charge in [-0.1, -0.05) is 35.9 Å². The first-order valence-electron chi connectivity index (χ1n) is 9.79. The molecule has 0 atom stereocenters. The molecule has 3 aromatic rings. The van der Waals surface area contributed by atoms with Crippen LogP contribution in [0.15, 0.2) is 77.7 Å². The normalized spacial score (nSPS) is 13.4. The van der Waals surface area contributed by atoms with E-state index in [0.29, 0.717) is 11.7 Å². The van der Waals surface area contributed by atoms with Crippen molar-refractivity contribution in [3.8, 4) is 0 Å². The number of nitrogens with one attached hydrogen (secondary N) is 2. The Hall–Kier alpha value is -2.90. The lowest BCUT2D eigenvalue weighted by Crippen LogP contribution is -2.35. The lowest BCUT2D eigenvalue weighted by atomic mass is 10.0. The zero-order valence-electron chi connectivity index (χ0n) is 16.6. The van der Waals surface area contributed by atoms with Crippen LogP contribution in [0.1, 0.15) is 17.5 Å². The topological polar surface area (TPSA) is 61.4 Å². The van der Waals surface area contributed by atoms with Gasteiger partial charge in [-0.2, -0.15) is 0 Å². The molecule has 154 valence electrons. The number of sulfonamides is 1. The van der Waals surface area contributed by atoms with Crippen molar-refractivity contribution in [2.24, 2.45) is 0 Å². The molecule has 0 unspecified atom stereocenters. The van der Waals surface area contributed by atoms with E-state index in [-0.39, 0.29) is 4.90 Å². The minimum Gasteiger partial charge on any atom is -0.332 e. The molecule has 0 spiro atoms. The van der Waals surface area contributed by atoms with Crippen LogP contribution in [0.5, 0.6) is 0 Å². The van der Waals surface area contributed by atoms with Crippen molar-refractivity contribution < 1.29 is 8.42 Å². The third kappa shape index (κ3) is 4.32. The molecule has 0 aromatic heterocycles. The molecule has 0 radical (unpaired) electrons. The minimum atomic E-state index is -3.62. The highest BCUT2D eigenvalue weighted by molar-refractivity contribution is 7.92. The van der Waals surface area contributed by atoms with Crippen LogP contribution in [0.3, 0.4) is 0 Å². The van der Waals surface area contributed by atoms with Gasteiger partial charge in [-0.3, -0.25) is 4.31 Å². The van der Waals surface area contributed by atoms with Gasteiger partial charge >= 0.3 is 0 Å². The van der Waals surface area contributed by atoms with E-state index in [2.05, 4.69) is 10.6 Å². The SMILES string of the molecule is Cc1ccc(NC(=S)Nc2ccc(S(=O)(=O)N3CCCc4ccccc43)cc2)cc1. The molecule has 2 N–H and O–H groups in total. The van der Waals surface area contributed by atoms with E-state index < -0.39 is 10.0 Å². The zero-order chi connectivity index (χ0) is 21.1. The van der Waals surface area contributed by atoms with E-state index in [1.54, 1.807) is 24.3 Å². The van der Waals surface area contributed by atoms with Crippen LogP contribution in [-0.4, -0.2) is 20.1 Å². The second-order valence-electron chi connectivity index (χ2n) is 7.28. The summed E-state index contributed by atoms with van der Waals surface area (Å²) in [4.78, 5) is 0.266. The van der Waals surface area contributed by atoms with Crippen molar-refractivity contribution in [3.05, 3.63) is 83.9 Å². The quantitative estimate of drug-likeness (QED) is 0.566. The van der Waals surface area contributed by atoms with Gasteiger partial charge in [0, 0.05) is 17.9 Å². The predicted molar refractivity (Wildman–Crippen MR) is 127 cm³/mol. The fraction of sp³-hybridized carbons (Fsp3) is 0.174. The van der Waals surface area contributed by atoms with Crippen LogP contribution in [0.4, 0.5) is 17.1 Å². The first kappa shape index (κ1) is 20.4. The maximum atomic E-state index is 13.2. The van der Waals surface area contributed by atoms with Crippen molar-refractivity contribution in [1.29, 1.82) is 0 Å². The van der Waals surface area contributed by atoms with Crippen LogP contribution < -0.4 is 14.9 Å². The lowest BCUT2D eigenvalue weighted by molar-refractivity contribution is 0.586. The Balaban J connectivity index is 1.48. The van der Waals surface area contributed by atoms with Crippen molar-refractivity contribution in [2.75, 3.05) is 21.5 Å². The smallest absolute Gasteiger partial charge is 0.264 e. The third-order valence-corrected chi connectivity index (χ3v) is 7.11. The van der Waals surface area contributed by atoms with E-state index in [0.717, 1.165) is 35.5 Å². The number of anilines is 3. The van der Waals surface area contributed by atoms with Crippen LogP contribution in [0, 0.1) is 6.92 Å². The molecule has 0 amide bonds. The Morgan fingerprint density at radius 2 is 1.50 bits per heavy atom. The van der Waals surface area contributed by atoms with Gasteiger partial charge in [0.05, 0.1) is 10.6 Å². The molecule has 0 saturated carbocycles. The Morgan fingerprint density at radius 3 is 2.17 bits per heavy atom. The van der Waals surface area contributed by atoms with E-state index >= 15 is 0 Å². The van der Waals surface area contributed by atoms with Gasteiger partial charge in [-0.25, -0.2) is 8.42 Å². The highest BCUT2D eigenvalue weighted by atomic mass is 32.2. The molecule has 0 aliphatic carbocycles. The maximum Gasteiger partial charge on any atom is 0.264 e. The molecule has 0 fully saturated rings. The molecule has 5 nitrogen and oxygen atoms in total. The largest absolute Gasteiger partial charge is 0.332 e. The molecule has 1 aliphatic heterocycles. The summed E-state index contributed by atoms with van der Waals surface area (Å²) in [6.45, 7) is 2.52. The van der Waals surface area contributed by atoms with Gasteiger partial charge in [0.25, 0.3) is 10.0 Å². The Labute approximate surface area is 182 Å². The molecule has 1 aliphatic rings. The summed E-state index contributed by atoms with van der Waals surface area (Å²) in [5, 5.41) is 6.65. The first-order valence-corrected chi connectivity index (χ1v) is 11.6. The minimum absolute atomic E-state index is 0.266. The Kier molecular flexibility index (Phi) is 5.74. The number of fused-ring (bicyclic) bond motifs is 1. The molecule has 4 rings (SSSR count). The van der Waals surface area contributed by atoms with Crippen LogP contribution >= 0.6 is 12.2 Å². The van der Waals surface area contributed by atoms with Crippen LogP contribution in [-0.2, 0) is 16.4 Å². The van der Waals surface area contributed by atoms with Crippen molar-refractivity contribution in [1.82, 2.24) is 0 Å². The summed E-state index contributed by atoms with van der Waals surface area (Å²) in [5.41, 5.74) is 4.62.